The van der Waals surface area contributed by atoms with Gasteiger partial charge in [-0.15, -0.1) is 0 Å². The molecule has 0 radical (unpaired) electrons. The molecule has 0 spiro atoms. The first kappa shape index (κ1) is 15.4. The van der Waals surface area contributed by atoms with Gasteiger partial charge in [-0.25, -0.2) is 4.39 Å². The molecule has 1 saturated heterocycles. The van der Waals surface area contributed by atoms with Gasteiger partial charge in [-0.3, -0.25) is 9.69 Å². The summed E-state index contributed by atoms with van der Waals surface area (Å²) >= 11 is 3.31. The molecule has 1 aromatic carbocycles. The Balaban J connectivity index is 1.93. The first-order valence-electron chi connectivity index (χ1n) is 6.93. The lowest BCUT2D eigenvalue weighted by Gasteiger charge is -2.37. The lowest BCUT2D eigenvalue weighted by atomic mass is 10.1. The van der Waals surface area contributed by atoms with Crippen LogP contribution < -0.4 is 0 Å². The Bertz CT molecular complexity index is 485. The fourth-order valence-corrected chi connectivity index (χ4v) is 2.92. The molecule has 3 nitrogen and oxygen atoms in total. The molecule has 1 aliphatic heterocycles. The number of nitrogens with zero attached hydrogens (tertiary/aromatic N) is 2. The Kier molecular flexibility index (Phi) is 5.16. The van der Waals surface area contributed by atoms with E-state index in [-0.39, 0.29) is 11.7 Å². The maximum atomic E-state index is 13.0. The Hall–Kier alpha value is -0.940. The van der Waals surface area contributed by atoms with Crippen molar-refractivity contribution in [2.45, 2.75) is 26.3 Å². The largest absolute Gasteiger partial charge is 0.340 e. The second-order valence-corrected chi connectivity index (χ2v) is 6.28. The van der Waals surface area contributed by atoms with Crippen LogP contribution in [0.5, 0.6) is 0 Å². The normalized spacial score (nSPS) is 16.8. The summed E-state index contributed by atoms with van der Waals surface area (Å²) in [5.41, 5.74) is 0.836. The molecule has 0 unspecified atom stereocenters. The SMILES string of the molecule is CC(C)N1CCN(C(=O)Cc2ccc(F)cc2Br)CC1. The average molecular weight is 343 g/mol. The zero-order valence-corrected chi connectivity index (χ0v) is 13.5. The second kappa shape index (κ2) is 6.68. The standard InChI is InChI=1S/C15H20BrFN2O/c1-11(2)18-5-7-19(8-6-18)15(20)9-12-3-4-13(17)10-14(12)16/h3-4,10-11H,5-9H2,1-2H3. The molecule has 1 heterocycles. The van der Waals surface area contributed by atoms with E-state index in [9.17, 15) is 9.18 Å². The zero-order valence-electron chi connectivity index (χ0n) is 11.9. The molecule has 2 rings (SSSR count). The number of hydrogen-bond acceptors (Lipinski definition) is 2. The van der Waals surface area contributed by atoms with E-state index in [1.807, 2.05) is 4.90 Å². The molecule has 20 heavy (non-hydrogen) atoms. The summed E-state index contributed by atoms with van der Waals surface area (Å²) in [4.78, 5) is 16.5. The fourth-order valence-electron chi connectivity index (χ4n) is 2.43. The average Bonchev–Trinajstić information content (AvgIpc) is 2.42. The van der Waals surface area contributed by atoms with Gasteiger partial charge in [-0.2, -0.15) is 0 Å². The fraction of sp³-hybridized carbons (Fsp3) is 0.533. The van der Waals surface area contributed by atoms with Crippen LogP contribution in [0.1, 0.15) is 19.4 Å². The van der Waals surface area contributed by atoms with E-state index in [0.717, 1.165) is 31.7 Å². The van der Waals surface area contributed by atoms with Gasteiger partial charge in [0.05, 0.1) is 6.42 Å². The number of benzene rings is 1. The summed E-state index contributed by atoms with van der Waals surface area (Å²) in [6.45, 7) is 7.74. The third kappa shape index (κ3) is 3.79. The third-order valence-corrected chi connectivity index (χ3v) is 4.49. The van der Waals surface area contributed by atoms with Crippen LogP contribution in [0.4, 0.5) is 4.39 Å². The molecule has 0 bridgehead atoms. The van der Waals surface area contributed by atoms with Gasteiger partial charge < -0.3 is 4.90 Å². The van der Waals surface area contributed by atoms with Gasteiger partial charge in [0.1, 0.15) is 5.82 Å². The van der Waals surface area contributed by atoms with Crippen molar-refractivity contribution >= 4 is 21.8 Å². The van der Waals surface area contributed by atoms with Crippen LogP contribution in [0.25, 0.3) is 0 Å². The van der Waals surface area contributed by atoms with Crippen molar-refractivity contribution in [2.75, 3.05) is 26.2 Å². The van der Waals surface area contributed by atoms with Crippen molar-refractivity contribution in [3.63, 3.8) is 0 Å². The number of hydrogen-bond donors (Lipinski definition) is 0. The lowest BCUT2D eigenvalue weighted by molar-refractivity contribution is -0.132. The van der Waals surface area contributed by atoms with Crippen LogP contribution in [0, 0.1) is 5.82 Å². The molecule has 0 atom stereocenters. The van der Waals surface area contributed by atoms with Crippen molar-refractivity contribution in [3.05, 3.63) is 34.1 Å². The molecule has 5 heteroatoms. The predicted molar refractivity (Wildman–Crippen MR) is 81.1 cm³/mol. The Morgan fingerprint density at radius 3 is 2.50 bits per heavy atom. The molecular formula is C15H20BrFN2O. The molecular weight excluding hydrogens is 323 g/mol. The molecule has 110 valence electrons. The number of carbonyl (C=O) groups excluding carboxylic acids is 1. The van der Waals surface area contributed by atoms with E-state index in [2.05, 4.69) is 34.7 Å². The van der Waals surface area contributed by atoms with E-state index >= 15 is 0 Å². The Labute approximate surface area is 127 Å². The predicted octanol–water partition coefficient (Wildman–Crippen LogP) is 2.68. The highest BCUT2D eigenvalue weighted by Crippen LogP contribution is 2.19. The van der Waals surface area contributed by atoms with Crippen LogP contribution in [-0.2, 0) is 11.2 Å². The van der Waals surface area contributed by atoms with Gasteiger partial charge >= 0.3 is 0 Å². The van der Waals surface area contributed by atoms with Gasteiger partial charge in [0, 0.05) is 36.7 Å². The first-order chi connectivity index (χ1) is 9.47. The minimum atomic E-state index is -0.293. The van der Waals surface area contributed by atoms with Crippen molar-refractivity contribution < 1.29 is 9.18 Å². The Morgan fingerprint density at radius 1 is 1.30 bits per heavy atom. The summed E-state index contributed by atoms with van der Waals surface area (Å²) in [7, 11) is 0. The van der Waals surface area contributed by atoms with Crippen molar-refractivity contribution in [3.8, 4) is 0 Å². The number of piperazine rings is 1. The van der Waals surface area contributed by atoms with Gasteiger partial charge in [-0.05, 0) is 31.5 Å². The topological polar surface area (TPSA) is 23.6 Å². The number of rotatable bonds is 3. The summed E-state index contributed by atoms with van der Waals surface area (Å²) in [5, 5.41) is 0. The number of halogens is 2. The summed E-state index contributed by atoms with van der Waals surface area (Å²) in [5.74, 6) is -0.181. The highest BCUT2D eigenvalue weighted by molar-refractivity contribution is 9.10. The maximum absolute atomic E-state index is 13.0. The monoisotopic (exact) mass is 342 g/mol. The summed E-state index contributed by atoms with van der Waals surface area (Å²) < 4.78 is 13.7. The Morgan fingerprint density at radius 2 is 1.95 bits per heavy atom. The third-order valence-electron chi connectivity index (χ3n) is 3.75. The molecule has 0 aromatic heterocycles. The van der Waals surface area contributed by atoms with Crippen LogP contribution in [0.3, 0.4) is 0 Å². The quantitative estimate of drug-likeness (QED) is 0.843. The van der Waals surface area contributed by atoms with Crippen molar-refractivity contribution in [2.24, 2.45) is 0 Å². The van der Waals surface area contributed by atoms with Gasteiger partial charge in [0.15, 0.2) is 0 Å². The van der Waals surface area contributed by atoms with E-state index in [1.54, 1.807) is 6.07 Å². The smallest absolute Gasteiger partial charge is 0.227 e. The minimum absolute atomic E-state index is 0.112. The van der Waals surface area contributed by atoms with Crippen molar-refractivity contribution in [1.82, 2.24) is 9.80 Å². The lowest BCUT2D eigenvalue weighted by Crippen LogP contribution is -2.51. The zero-order chi connectivity index (χ0) is 14.7. The number of carbonyl (C=O) groups is 1. The van der Waals surface area contributed by atoms with Gasteiger partial charge in [-0.1, -0.05) is 22.0 Å². The maximum Gasteiger partial charge on any atom is 0.227 e. The van der Waals surface area contributed by atoms with E-state index in [0.29, 0.717) is 16.9 Å². The van der Waals surface area contributed by atoms with Crippen LogP contribution in [-0.4, -0.2) is 47.9 Å². The van der Waals surface area contributed by atoms with E-state index < -0.39 is 0 Å². The second-order valence-electron chi connectivity index (χ2n) is 5.42. The molecule has 0 N–H and O–H groups in total. The van der Waals surface area contributed by atoms with Crippen LogP contribution in [0.15, 0.2) is 22.7 Å². The molecule has 1 amide bonds. The van der Waals surface area contributed by atoms with Gasteiger partial charge in [0.25, 0.3) is 0 Å². The first-order valence-corrected chi connectivity index (χ1v) is 7.72. The molecule has 1 aliphatic rings. The van der Waals surface area contributed by atoms with Crippen LogP contribution in [0.2, 0.25) is 0 Å². The highest BCUT2D eigenvalue weighted by Gasteiger charge is 2.22. The van der Waals surface area contributed by atoms with E-state index in [4.69, 9.17) is 0 Å². The summed E-state index contributed by atoms with van der Waals surface area (Å²) in [6.07, 6.45) is 0.322. The molecule has 0 saturated carbocycles. The van der Waals surface area contributed by atoms with Crippen LogP contribution >= 0.6 is 15.9 Å². The molecule has 1 aromatic rings. The molecule has 1 fully saturated rings. The highest BCUT2D eigenvalue weighted by atomic mass is 79.9. The minimum Gasteiger partial charge on any atom is -0.340 e. The molecule has 0 aliphatic carbocycles. The van der Waals surface area contributed by atoms with E-state index in [1.165, 1.54) is 12.1 Å². The van der Waals surface area contributed by atoms with Gasteiger partial charge in [0.2, 0.25) is 5.91 Å². The van der Waals surface area contributed by atoms with Crippen molar-refractivity contribution in [1.29, 1.82) is 0 Å². The number of amides is 1. The summed E-state index contributed by atoms with van der Waals surface area (Å²) in [6, 6.07) is 4.99.